The standard InChI is InChI=1S/C11H17ClN2O2S/c1-8-4-5-9(6-10(8)12)17(15,16)14-7-11(2,3)13/h4-6,14H,7,13H2,1-3H3. The van der Waals surface area contributed by atoms with Crippen LogP contribution in [0.4, 0.5) is 0 Å². The molecule has 0 radical (unpaired) electrons. The molecule has 0 aliphatic rings. The number of benzene rings is 1. The van der Waals surface area contributed by atoms with Gasteiger partial charge >= 0.3 is 0 Å². The van der Waals surface area contributed by atoms with E-state index in [2.05, 4.69) is 4.72 Å². The van der Waals surface area contributed by atoms with Crippen LogP contribution in [-0.4, -0.2) is 20.5 Å². The Morgan fingerprint density at radius 3 is 2.47 bits per heavy atom. The zero-order valence-electron chi connectivity index (χ0n) is 10.1. The minimum absolute atomic E-state index is 0.150. The molecule has 0 atom stereocenters. The average Bonchev–Trinajstić information content (AvgIpc) is 2.18. The Kier molecular flexibility index (Phi) is 4.19. The number of nitrogens with one attached hydrogen (secondary N) is 1. The van der Waals surface area contributed by atoms with Crippen LogP contribution >= 0.6 is 11.6 Å². The van der Waals surface area contributed by atoms with Gasteiger partial charge in [0, 0.05) is 17.1 Å². The van der Waals surface area contributed by atoms with Crippen molar-refractivity contribution in [3.05, 3.63) is 28.8 Å². The zero-order chi connectivity index (χ0) is 13.3. The third-order valence-electron chi connectivity index (χ3n) is 2.17. The Morgan fingerprint density at radius 2 is 2.00 bits per heavy atom. The molecular formula is C11H17ClN2O2S. The van der Waals surface area contributed by atoms with Gasteiger partial charge in [-0.25, -0.2) is 13.1 Å². The van der Waals surface area contributed by atoms with Crippen molar-refractivity contribution in [2.24, 2.45) is 5.73 Å². The van der Waals surface area contributed by atoms with Crippen molar-refractivity contribution in [2.45, 2.75) is 31.2 Å². The molecule has 17 heavy (non-hydrogen) atoms. The van der Waals surface area contributed by atoms with E-state index in [0.29, 0.717) is 5.02 Å². The lowest BCUT2D eigenvalue weighted by Gasteiger charge is -2.19. The molecule has 4 nitrogen and oxygen atoms in total. The van der Waals surface area contributed by atoms with E-state index in [9.17, 15) is 8.42 Å². The number of nitrogens with two attached hydrogens (primary N) is 1. The normalized spacial score (nSPS) is 12.8. The summed E-state index contributed by atoms with van der Waals surface area (Å²) < 4.78 is 26.3. The molecule has 96 valence electrons. The zero-order valence-corrected chi connectivity index (χ0v) is 11.7. The third-order valence-corrected chi connectivity index (χ3v) is 3.98. The average molecular weight is 277 g/mol. The van der Waals surface area contributed by atoms with E-state index in [4.69, 9.17) is 17.3 Å². The van der Waals surface area contributed by atoms with Crippen LogP contribution < -0.4 is 10.5 Å². The number of sulfonamides is 1. The van der Waals surface area contributed by atoms with Crippen molar-refractivity contribution in [1.82, 2.24) is 4.72 Å². The van der Waals surface area contributed by atoms with Gasteiger partial charge in [0.1, 0.15) is 0 Å². The van der Waals surface area contributed by atoms with Crippen LogP contribution in [-0.2, 0) is 10.0 Å². The van der Waals surface area contributed by atoms with Gasteiger partial charge in [0.15, 0.2) is 0 Å². The van der Waals surface area contributed by atoms with Crippen LogP contribution in [0.15, 0.2) is 23.1 Å². The van der Waals surface area contributed by atoms with Gasteiger partial charge in [0.05, 0.1) is 4.90 Å². The first-order valence-corrected chi connectivity index (χ1v) is 7.03. The number of hydrogen-bond acceptors (Lipinski definition) is 3. The molecule has 0 heterocycles. The van der Waals surface area contributed by atoms with Gasteiger partial charge in [0.2, 0.25) is 10.0 Å². The molecule has 0 saturated carbocycles. The first kappa shape index (κ1) is 14.4. The summed E-state index contributed by atoms with van der Waals surface area (Å²) in [7, 11) is -3.55. The molecule has 0 spiro atoms. The molecule has 1 aromatic rings. The molecule has 0 saturated heterocycles. The Bertz CT molecular complexity index is 507. The fraction of sp³-hybridized carbons (Fsp3) is 0.455. The van der Waals surface area contributed by atoms with Crippen molar-refractivity contribution < 1.29 is 8.42 Å². The quantitative estimate of drug-likeness (QED) is 0.879. The van der Waals surface area contributed by atoms with E-state index in [1.54, 1.807) is 19.9 Å². The molecule has 0 aliphatic heterocycles. The predicted octanol–water partition coefficient (Wildman–Crippen LogP) is 1.66. The lowest BCUT2D eigenvalue weighted by molar-refractivity contribution is 0.498. The van der Waals surface area contributed by atoms with Crippen LogP contribution in [0, 0.1) is 6.92 Å². The summed E-state index contributed by atoms with van der Waals surface area (Å²) in [5.74, 6) is 0. The largest absolute Gasteiger partial charge is 0.324 e. The summed E-state index contributed by atoms with van der Waals surface area (Å²) >= 11 is 5.89. The maximum atomic E-state index is 11.9. The molecular weight excluding hydrogens is 260 g/mol. The molecule has 0 aliphatic carbocycles. The Hall–Kier alpha value is -0.620. The van der Waals surface area contributed by atoms with Gasteiger partial charge < -0.3 is 5.73 Å². The topological polar surface area (TPSA) is 72.2 Å². The van der Waals surface area contributed by atoms with Gasteiger partial charge in [-0.1, -0.05) is 17.7 Å². The van der Waals surface area contributed by atoms with Gasteiger partial charge in [-0.3, -0.25) is 0 Å². The van der Waals surface area contributed by atoms with Crippen LogP contribution in [0.25, 0.3) is 0 Å². The molecule has 0 bridgehead atoms. The van der Waals surface area contributed by atoms with Crippen LogP contribution in [0.5, 0.6) is 0 Å². The fourth-order valence-electron chi connectivity index (χ4n) is 1.11. The number of aryl methyl sites for hydroxylation is 1. The van der Waals surface area contributed by atoms with Crippen LogP contribution in [0.1, 0.15) is 19.4 Å². The monoisotopic (exact) mass is 276 g/mol. The Balaban J connectivity index is 2.94. The summed E-state index contributed by atoms with van der Waals surface area (Å²) in [6, 6.07) is 4.63. The van der Waals surface area contributed by atoms with E-state index >= 15 is 0 Å². The predicted molar refractivity (Wildman–Crippen MR) is 69.6 cm³/mol. The highest BCUT2D eigenvalue weighted by Crippen LogP contribution is 2.19. The molecule has 0 fully saturated rings. The van der Waals surface area contributed by atoms with Crippen molar-refractivity contribution >= 4 is 21.6 Å². The summed E-state index contributed by atoms with van der Waals surface area (Å²) in [4.78, 5) is 0.150. The van der Waals surface area contributed by atoms with E-state index in [-0.39, 0.29) is 11.4 Å². The lowest BCUT2D eigenvalue weighted by atomic mass is 10.1. The van der Waals surface area contributed by atoms with E-state index < -0.39 is 15.6 Å². The Morgan fingerprint density at radius 1 is 1.41 bits per heavy atom. The number of rotatable bonds is 4. The fourth-order valence-corrected chi connectivity index (χ4v) is 2.60. The third kappa shape index (κ3) is 4.27. The van der Waals surface area contributed by atoms with E-state index in [1.807, 2.05) is 6.92 Å². The van der Waals surface area contributed by atoms with Gasteiger partial charge in [-0.2, -0.15) is 0 Å². The summed E-state index contributed by atoms with van der Waals surface area (Å²) in [6.07, 6.45) is 0. The van der Waals surface area contributed by atoms with Crippen molar-refractivity contribution in [3.63, 3.8) is 0 Å². The molecule has 1 aromatic carbocycles. The summed E-state index contributed by atoms with van der Waals surface area (Å²) in [6.45, 7) is 5.48. The maximum absolute atomic E-state index is 11.9. The molecule has 0 amide bonds. The molecule has 1 rings (SSSR count). The van der Waals surface area contributed by atoms with Crippen molar-refractivity contribution in [3.8, 4) is 0 Å². The highest BCUT2D eigenvalue weighted by Gasteiger charge is 2.19. The molecule has 0 unspecified atom stereocenters. The van der Waals surface area contributed by atoms with Crippen molar-refractivity contribution in [2.75, 3.05) is 6.54 Å². The summed E-state index contributed by atoms with van der Waals surface area (Å²) in [5, 5.41) is 0.430. The second-order valence-corrected chi connectivity index (χ2v) is 6.90. The second kappa shape index (κ2) is 4.94. The minimum atomic E-state index is -3.55. The Labute approximate surface area is 107 Å². The first-order valence-electron chi connectivity index (χ1n) is 5.16. The molecule has 3 N–H and O–H groups in total. The minimum Gasteiger partial charge on any atom is -0.324 e. The SMILES string of the molecule is Cc1ccc(S(=O)(=O)NCC(C)(C)N)cc1Cl. The van der Waals surface area contributed by atoms with Gasteiger partial charge in [0.25, 0.3) is 0 Å². The highest BCUT2D eigenvalue weighted by atomic mass is 35.5. The smallest absolute Gasteiger partial charge is 0.240 e. The lowest BCUT2D eigenvalue weighted by Crippen LogP contribution is -2.45. The van der Waals surface area contributed by atoms with E-state index in [0.717, 1.165) is 5.56 Å². The van der Waals surface area contributed by atoms with Gasteiger partial charge in [-0.05, 0) is 38.5 Å². The molecule has 0 aromatic heterocycles. The molecule has 6 heteroatoms. The highest BCUT2D eigenvalue weighted by molar-refractivity contribution is 7.89. The maximum Gasteiger partial charge on any atom is 0.240 e. The van der Waals surface area contributed by atoms with Gasteiger partial charge in [-0.15, -0.1) is 0 Å². The van der Waals surface area contributed by atoms with Crippen LogP contribution in [0.2, 0.25) is 5.02 Å². The van der Waals surface area contributed by atoms with Crippen LogP contribution in [0.3, 0.4) is 0 Å². The number of hydrogen-bond donors (Lipinski definition) is 2. The first-order chi connectivity index (χ1) is 7.62. The van der Waals surface area contributed by atoms with E-state index in [1.165, 1.54) is 12.1 Å². The van der Waals surface area contributed by atoms with Crippen molar-refractivity contribution in [1.29, 1.82) is 0 Å². The second-order valence-electron chi connectivity index (χ2n) is 4.72. The number of halogens is 1. The summed E-state index contributed by atoms with van der Waals surface area (Å²) in [5.41, 5.74) is 5.96.